The van der Waals surface area contributed by atoms with Crippen molar-refractivity contribution in [3.63, 3.8) is 0 Å². The van der Waals surface area contributed by atoms with E-state index in [2.05, 4.69) is 40.8 Å². The SMILES string of the molecule is CN(Cc1cc(-c2ccccc2)on1)C(=O)CCC1(Cc2ccc3ccccc3c2)CCC(=O)N1. The van der Waals surface area contributed by atoms with E-state index in [9.17, 15) is 9.59 Å². The Hall–Kier alpha value is -3.93. The summed E-state index contributed by atoms with van der Waals surface area (Å²) in [4.78, 5) is 26.8. The second-order valence-electron chi connectivity index (χ2n) is 9.49. The molecule has 1 aliphatic rings. The first-order valence-corrected chi connectivity index (χ1v) is 12.0. The Bertz CT molecular complexity index is 1350. The highest BCUT2D eigenvalue weighted by atomic mass is 16.5. The summed E-state index contributed by atoms with van der Waals surface area (Å²) in [5.41, 5.74) is 2.43. The molecule has 4 aromatic rings. The zero-order valence-electron chi connectivity index (χ0n) is 19.9. The van der Waals surface area contributed by atoms with E-state index in [1.165, 1.54) is 16.3 Å². The van der Waals surface area contributed by atoms with E-state index in [0.29, 0.717) is 43.7 Å². The molecule has 1 unspecified atom stereocenters. The molecule has 0 radical (unpaired) electrons. The fraction of sp³-hybridized carbons (Fsp3) is 0.276. The molecule has 6 heteroatoms. The molecule has 0 aliphatic carbocycles. The van der Waals surface area contributed by atoms with E-state index >= 15 is 0 Å². The first kappa shape index (κ1) is 22.8. The van der Waals surface area contributed by atoms with E-state index in [-0.39, 0.29) is 11.8 Å². The van der Waals surface area contributed by atoms with Crippen LogP contribution in [0.3, 0.4) is 0 Å². The lowest BCUT2D eigenvalue weighted by atomic mass is 9.84. The fourth-order valence-corrected chi connectivity index (χ4v) is 4.91. The van der Waals surface area contributed by atoms with E-state index in [1.807, 2.05) is 48.5 Å². The van der Waals surface area contributed by atoms with E-state index in [4.69, 9.17) is 4.52 Å². The minimum absolute atomic E-state index is 0.0216. The lowest BCUT2D eigenvalue weighted by Gasteiger charge is -2.30. The molecular weight excluding hydrogens is 438 g/mol. The van der Waals surface area contributed by atoms with E-state index in [0.717, 1.165) is 12.0 Å². The van der Waals surface area contributed by atoms with Gasteiger partial charge in [-0.1, -0.05) is 78.0 Å². The van der Waals surface area contributed by atoms with Crippen LogP contribution in [0, 0.1) is 0 Å². The van der Waals surface area contributed by atoms with Crippen LogP contribution in [0.25, 0.3) is 22.1 Å². The lowest BCUT2D eigenvalue weighted by molar-refractivity contribution is -0.131. The summed E-state index contributed by atoms with van der Waals surface area (Å²) in [6.45, 7) is 0.374. The second-order valence-corrected chi connectivity index (χ2v) is 9.49. The standard InChI is InChI=1S/C29H29N3O3/c1-32(20-25-18-26(35-31-25)23-8-3-2-4-9-23)28(34)14-16-29(15-13-27(33)30-29)19-21-11-12-22-7-5-6-10-24(22)17-21/h2-12,17-18H,13-16,19-20H2,1H3,(H,30,33). The molecule has 2 amide bonds. The van der Waals surface area contributed by atoms with Gasteiger partial charge in [0.15, 0.2) is 5.76 Å². The van der Waals surface area contributed by atoms with E-state index in [1.54, 1.807) is 11.9 Å². The van der Waals surface area contributed by atoms with Gasteiger partial charge in [-0.3, -0.25) is 9.59 Å². The Labute approximate surface area is 204 Å². The Balaban J connectivity index is 1.23. The van der Waals surface area contributed by atoms with Gasteiger partial charge in [-0.15, -0.1) is 0 Å². The summed E-state index contributed by atoms with van der Waals surface area (Å²) in [5.74, 6) is 0.764. The van der Waals surface area contributed by atoms with Gasteiger partial charge in [-0.2, -0.15) is 0 Å². The van der Waals surface area contributed by atoms with E-state index < -0.39 is 5.54 Å². The van der Waals surface area contributed by atoms with Crippen LogP contribution in [0.15, 0.2) is 83.4 Å². The van der Waals surface area contributed by atoms with Crippen molar-refractivity contribution >= 4 is 22.6 Å². The number of carbonyl (C=O) groups excluding carboxylic acids is 2. The Morgan fingerprint density at radius 3 is 2.57 bits per heavy atom. The van der Waals surface area contributed by atoms with Crippen molar-refractivity contribution in [2.45, 2.75) is 44.2 Å². The predicted molar refractivity (Wildman–Crippen MR) is 135 cm³/mol. The predicted octanol–water partition coefficient (Wildman–Crippen LogP) is 5.12. The monoisotopic (exact) mass is 467 g/mol. The summed E-state index contributed by atoms with van der Waals surface area (Å²) in [6.07, 6.45) is 2.90. The van der Waals surface area contributed by atoms with Crippen LogP contribution in [0.1, 0.15) is 36.9 Å². The molecule has 0 bridgehead atoms. The molecule has 1 fully saturated rings. The summed E-state index contributed by atoms with van der Waals surface area (Å²) in [7, 11) is 1.78. The highest BCUT2D eigenvalue weighted by Crippen LogP contribution is 2.31. The molecule has 0 spiro atoms. The number of benzene rings is 3. The van der Waals surface area contributed by atoms with Crippen molar-refractivity contribution in [2.75, 3.05) is 7.05 Å². The minimum atomic E-state index is -0.398. The van der Waals surface area contributed by atoms with Crippen molar-refractivity contribution < 1.29 is 14.1 Å². The largest absolute Gasteiger partial charge is 0.356 e. The van der Waals surface area contributed by atoms with Gasteiger partial charge >= 0.3 is 0 Å². The highest BCUT2D eigenvalue weighted by molar-refractivity contribution is 5.83. The first-order chi connectivity index (χ1) is 17.0. The number of hydrogen-bond donors (Lipinski definition) is 1. The molecule has 1 aromatic heterocycles. The summed E-state index contributed by atoms with van der Waals surface area (Å²) in [6, 6.07) is 26.3. The first-order valence-electron chi connectivity index (χ1n) is 12.0. The van der Waals surface area contributed by atoms with Gasteiger partial charge in [0.25, 0.3) is 0 Å². The van der Waals surface area contributed by atoms with Crippen LogP contribution < -0.4 is 5.32 Å². The third kappa shape index (κ3) is 5.27. The zero-order valence-corrected chi connectivity index (χ0v) is 19.9. The number of aromatic nitrogens is 1. The number of fused-ring (bicyclic) bond motifs is 1. The normalized spacial score (nSPS) is 17.5. The molecule has 6 nitrogen and oxygen atoms in total. The van der Waals surface area contributed by atoms with Crippen molar-refractivity contribution in [2.24, 2.45) is 0 Å². The van der Waals surface area contributed by atoms with Crippen LogP contribution in [-0.4, -0.2) is 34.5 Å². The molecule has 178 valence electrons. The summed E-state index contributed by atoms with van der Waals surface area (Å²) < 4.78 is 5.46. The number of nitrogens with one attached hydrogen (secondary N) is 1. The lowest BCUT2D eigenvalue weighted by Crippen LogP contribution is -2.44. The van der Waals surface area contributed by atoms with Gasteiger partial charge in [-0.05, 0) is 35.6 Å². The number of nitrogens with zero attached hydrogens (tertiary/aromatic N) is 2. The van der Waals surface area contributed by atoms with Gasteiger partial charge in [0, 0.05) is 37.1 Å². The molecule has 1 atom stereocenters. The third-order valence-corrected chi connectivity index (χ3v) is 6.85. The maximum Gasteiger partial charge on any atom is 0.222 e. The highest BCUT2D eigenvalue weighted by Gasteiger charge is 2.38. The molecule has 0 saturated carbocycles. The van der Waals surface area contributed by atoms with Crippen LogP contribution in [0.5, 0.6) is 0 Å². The number of amides is 2. The third-order valence-electron chi connectivity index (χ3n) is 6.85. The number of carbonyl (C=O) groups is 2. The molecular formula is C29H29N3O3. The van der Waals surface area contributed by atoms with Crippen LogP contribution in [-0.2, 0) is 22.6 Å². The Morgan fingerprint density at radius 1 is 1.03 bits per heavy atom. The van der Waals surface area contributed by atoms with Gasteiger partial charge < -0.3 is 14.7 Å². The van der Waals surface area contributed by atoms with Gasteiger partial charge in [0.05, 0.1) is 6.54 Å². The second kappa shape index (κ2) is 9.74. The van der Waals surface area contributed by atoms with Gasteiger partial charge in [0.1, 0.15) is 5.69 Å². The fourth-order valence-electron chi connectivity index (χ4n) is 4.91. The molecule has 5 rings (SSSR count). The van der Waals surface area contributed by atoms with Crippen LogP contribution in [0.4, 0.5) is 0 Å². The quantitative estimate of drug-likeness (QED) is 0.390. The van der Waals surface area contributed by atoms with Gasteiger partial charge in [0.2, 0.25) is 11.8 Å². The zero-order chi connectivity index (χ0) is 24.3. The Morgan fingerprint density at radius 2 is 1.80 bits per heavy atom. The topological polar surface area (TPSA) is 75.4 Å². The molecule has 35 heavy (non-hydrogen) atoms. The van der Waals surface area contributed by atoms with Gasteiger partial charge in [-0.25, -0.2) is 0 Å². The van der Waals surface area contributed by atoms with Crippen LogP contribution >= 0.6 is 0 Å². The summed E-state index contributed by atoms with van der Waals surface area (Å²) >= 11 is 0. The van der Waals surface area contributed by atoms with Crippen molar-refractivity contribution in [3.05, 3.63) is 90.1 Å². The summed E-state index contributed by atoms with van der Waals surface area (Å²) in [5, 5.41) is 9.70. The average molecular weight is 468 g/mol. The minimum Gasteiger partial charge on any atom is -0.356 e. The molecule has 2 heterocycles. The maximum absolute atomic E-state index is 13.0. The smallest absolute Gasteiger partial charge is 0.222 e. The average Bonchev–Trinajstić information content (AvgIpc) is 3.49. The van der Waals surface area contributed by atoms with Crippen molar-refractivity contribution in [1.29, 1.82) is 0 Å². The molecule has 1 aliphatic heterocycles. The number of hydrogen-bond acceptors (Lipinski definition) is 4. The van der Waals surface area contributed by atoms with Crippen LogP contribution in [0.2, 0.25) is 0 Å². The number of rotatable bonds is 8. The maximum atomic E-state index is 13.0. The Kier molecular flexibility index (Phi) is 6.36. The van der Waals surface area contributed by atoms with Crippen molar-refractivity contribution in [1.82, 2.24) is 15.4 Å². The molecule has 3 aromatic carbocycles. The molecule has 1 saturated heterocycles. The van der Waals surface area contributed by atoms with Crippen molar-refractivity contribution in [3.8, 4) is 11.3 Å². The molecule has 1 N–H and O–H groups in total.